The minimum Gasteiger partial charge on any atom is -0.481 e. The molecule has 0 aromatic heterocycles. The molecule has 0 aromatic carbocycles. The van der Waals surface area contributed by atoms with Crippen LogP contribution in [0, 0.1) is 11.8 Å². The van der Waals surface area contributed by atoms with E-state index in [9.17, 15) is 9.59 Å². The standard InChI is InChI=1S/C13H21NO3S/c1-8-6-14(7-9(2)18-8)12(15)10-3-4-11(5-10)13(16)17/h8-11H,3-7H2,1-2H3,(H,16,17)/t8?,9?,10-,11+/m1/s1. The lowest BCUT2D eigenvalue weighted by Crippen LogP contribution is -2.46. The Morgan fingerprint density at radius 2 is 1.67 bits per heavy atom. The average Bonchev–Trinajstić information content (AvgIpc) is 2.75. The normalized spacial score (nSPS) is 36.7. The molecular weight excluding hydrogens is 250 g/mol. The van der Waals surface area contributed by atoms with E-state index in [-0.39, 0.29) is 17.7 Å². The summed E-state index contributed by atoms with van der Waals surface area (Å²) in [4.78, 5) is 25.3. The van der Waals surface area contributed by atoms with Gasteiger partial charge in [0.25, 0.3) is 0 Å². The molecule has 4 atom stereocenters. The van der Waals surface area contributed by atoms with Crippen molar-refractivity contribution in [3.63, 3.8) is 0 Å². The van der Waals surface area contributed by atoms with Gasteiger partial charge in [-0.3, -0.25) is 9.59 Å². The lowest BCUT2D eigenvalue weighted by Gasteiger charge is -2.36. The van der Waals surface area contributed by atoms with Gasteiger partial charge in [-0.15, -0.1) is 0 Å². The molecule has 0 bridgehead atoms. The van der Waals surface area contributed by atoms with Gasteiger partial charge in [0.1, 0.15) is 0 Å². The van der Waals surface area contributed by atoms with E-state index in [1.165, 1.54) is 0 Å². The van der Waals surface area contributed by atoms with Gasteiger partial charge in [-0.2, -0.15) is 11.8 Å². The molecule has 1 aliphatic heterocycles. The maximum absolute atomic E-state index is 12.4. The summed E-state index contributed by atoms with van der Waals surface area (Å²) >= 11 is 1.92. The molecule has 0 radical (unpaired) electrons. The molecule has 102 valence electrons. The Balaban J connectivity index is 1.93. The van der Waals surface area contributed by atoms with E-state index >= 15 is 0 Å². The van der Waals surface area contributed by atoms with E-state index in [0.717, 1.165) is 19.5 Å². The number of carboxylic acids is 1. The van der Waals surface area contributed by atoms with Crippen LogP contribution >= 0.6 is 11.8 Å². The van der Waals surface area contributed by atoms with Crippen LogP contribution in [0.15, 0.2) is 0 Å². The van der Waals surface area contributed by atoms with Gasteiger partial charge in [0, 0.05) is 29.5 Å². The number of rotatable bonds is 2. The van der Waals surface area contributed by atoms with Gasteiger partial charge < -0.3 is 10.0 Å². The second-order valence-corrected chi connectivity index (χ2v) is 7.43. The van der Waals surface area contributed by atoms with Gasteiger partial charge in [-0.25, -0.2) is 0 Å². The molecule has 1 saturated heterocycles. The number of thioether (sulfide) groups is 1. The number of carbonyl (C=O) groups is 2. The quantitative estimate of drug-likeness (QED) is 0.832. The Morgan fingerprint density at radius 3 is 2.17 bits per heavy atom. The lowest BCUT2D eigenvalue weighted by atomic mass is 10.0. The Bertz CT molecular complexity index is 337. The predicted molar refractivity (Wildman–Crippen MR) is 71.6 cm³/mol. The lowest BCUT2D eigenvalue weighted by molar-refractivity contribution is -0.141. The van der Waals surface area contributed by atoms with Crippen molar-refractivity contribution in [2.75, 3.05) is 13.1 Å². The fourth-order valence-corrected chi connectivity index (χ4v) is 4.37. The van der Waals surface area contributed by atoms with Gasteiger partial charge >= 0.3 is 5.97 Å². The molecule has 2 fully saturated rings. The van der Waals surface area contributed by atoms with Crippen molar-refractivity contribution < 1.29 is 14.7 Å². The number of carboxylic acid groups (broad SMARTS) is 1. The molecule has 1 N–H and O–H groups in total. The zero-order valence-electron chi connectivity index (χ0n) is 11.0. The topological polar surface area (TPSA) is 57.6 Å². The van der Waals surface area contributed by atoms with Crippen molar-refractivity contribution in [3.05, 3.63) is 0 Å². The minimum absolute atomic E-state index is 0.0615. The van der Waals surface area contributed by atoms with E-state index in [1.807, 2.05) is 16.7 Å². The SMILES string of the molecule is CC1CN(C(=O)[C@@H]2CC[C@H](C(=O)O)C2)CC(C)S1. The summed E-state index contributed by atoms with van der Waals surface area (Å²) in [5, 5.41) is 9.94. The van der Waals surface area contributed by atoms with Crippen molar-refractivity contribution in [2.24, 2.45) is 11.8 Å². The van der Waals surface area contributed by atoms with Crippen molar-refractivity contribution >= 4 is 23.6 Å². The van der Waals surface area contributed by atoms with E-state index in [4.69, 9.17) is 5.11 Å². The summed E-state index contributed by atoms with van der Waals surface area (Å²) in [7, 11) is 0. The zero-order chi connectivity index (χ0) is 13.3. The maximum atomic E-state index is 12.4. The summed E-state index contributed by atoms with van der Waals surface area (Å²) in [5.74, 6) is -0.944. The van der Waals surface area contributed by atoms with E-state index in [0.29, 0.717) is 23.3 Å². The van der Waals surface area contributed by atoms with Gasteiger partial charge in [0.15, 0.2) is 0 Å². The number of amides is 1. The summed E-state index contributed by atoms with van der Waals surface area (Å²) in [6.07, 6.45) is 1.92. The van der Waals surface area contributed by atoms with Crippen molar-refractivity contribution in [3.8, 4) is 0 Å². The number of hydrogen-bond donors (Lipinski definition) is 1. The fourth-order valence-electron chi connectivity index (χ4n) is 3.05. The summed E-state index contributed by atoms with van der Waals surface area (Å²) in [6, 6.07) is 0. The summed E-state index contributed by atoms with van der Waals surface area (Å²) in [6.45, 7) is 5.91. The largest absolute Gasteiger partial charge is 0.481 e. The third-order valence-electron chi connectivity index (χ3n) is 3.86. The Kier molecular flexibility index (Phi) is 4.20. The van der Waals surface area contributed by atoms with E-state index < -0.39 is 5.97 Å². The molecule has 1 aliphatic carbocycles. The molecule has 2 unspecified atom stereocenters. The van der Waals surface area contributed by atoms with Crippen LogP contribution in [0.3, 0.4) is 0 Å². The van der Waals surface area contributed by atoms with Gasteiger partial charge in [-0.1, -0.05) is 13.8 Å². The molecule has 1 saturated carbocycles. The molecule has 0 aromatic rings. The first-order valence-corrected chi connectivity index (χ1v) is 7.58. The highest BCUT2D eigenvalue weighted by Crippen LogP contribution is 2.34. The second kappa shape index (κ2) is 5.51. The summed E-state index contributed by atoms with van der Waals surface area (Å²) < 4.78 is 0. The van der Waals surface area contributed by atoms with Crippen LogP contribution in [0.4, 0.5) is 0 Å². The minimum atomic E-state index is -0.749. The number of nitrogens with zero attached hydrogens (tertiary/aromatic N) is 1. The third kappa shape index (κ3) is 2.99. The molecule has 4 nitrogen and oxygen atoms in total. The molecule has 5 heteroatoms. The smallest absolute Gasteiger partial charge is 0.306 e. The van der Waals surface area contributed by atoms with Crippen LogP contribution in [0.2, 0.25) is 0 Å². The van der Waals surface area contributed by atoms with Crippen LogP contribution in [0.5, 0.6) is 0 Å². The van der Waals surface area contributed by atoms with Crippen molar-refractivity contribution in [2.45, 2.75) is 43.6 Å². The highest BCUT2D eigenvalue weighted by atomic mass is 32.2. The molecular formula is C13H21NO3S. The molecule has 2 rings (SSSR count). The molecule has 0 spiro atoms. The Hall–Kier alpha value is -0.710. The van der Waals surface area contributed by atoms with E-state index in [1.54, 1.807) is 0 Å². The molecule has 18 heavy (non-hydrogen) atoms. The van der Waals surface area contributed by atoms with Gasteiger partial charge in [0.2, 0.25) is 5.91 Å². The average molecular weight is 271 g/mol. The summed E-state index contributed by atoms with van der Waals surface area (Å²) in [5.41, 5.74) is 0. The number of hydrogen-bond acceptors (Lipinski definition) is 3. The van der Waals surface area contributed by atoms with Crippen LogP contribution in [-0.4, -0.2) is 45.5 Å². The first-order chi connectivity index (χ1) is 8.47. The number of carbonyl (C=O) groups excluding carboxylic acids is 1. The monoisotopic (exact) mass is 271 g/mol. The van der Waals surface area contributed by atoms with Crippen molar-refractivity contribution in [1.29, 1.82) is 0 Å². The highest BCUT2D eigenvalue weighted by molar-refractivity contribution is 8.00. The highest BCUT2D eigenvalue weighted by Gasteiger charge is 2.37. The second-order valence-electron chi connectivity index (χ2n) is 5.55. The first-order valence-electron chi connectivity index (χ1n) is 6.64. The Morgan fingerprint density at radius 1 is 1.11 bits per heavy atom. The number of aliphatic carboxylic acids is 1. The molecule has 1 amide bonds. The predicted octanol–water partition coefficient (Wildman–Crippen LogP) is 1.84. The van der Waals surface area contributed by atoms with Gasteiger partial charge in [-0.05, 0) is 19.3 Å². The van der Waals surface area contributed by atoms with Crippen LogP contribution in [0.25, 0.3) is 0 Å². The van der Waals surface area contributed by atoms with Crippen LogP contribution in [0.1, 0.15) is 33.1 Å². The van der Waals surface area contributed by atoms with Crippen LogP contribution < -0.4 is 0 Å². The van der Waals surface area contributed by atoms with Crippen molar-refractivity contribution in [1.82, 2.24) is 4.90 Å². The van der Waals surface area contributed by atoms with Crippen LogP contribution in [-0.2, 0) is 9.59 Å². The molecule has 2 aliphatic rings. The fraction of sp³-hybridized carbons (Fsp3) is 0.846. The Labute approximate surface area is 112 Å². The third-order valence-corrected chi connectivity index (χ3v) is 5.09. The van der Waals surface area contributed by atoms with Gasteiger partial charge in [0.05, 0.1) is 5.92 Å². The maximum Gasteiger partial charge on any atom is 0.306 e. The first kappa shape index (κ1) is 13.7. The molecule has 1 heterocycles. The van der Waals surface area contributed by atoms with E-state index in [2.05, 4.69) is 13.8 Å². The zero-order valence-corrected chi connectivity index (χ0v) is 11.8.